The highest BCUT2D eigenvalue weighted by molar-refractivity contribution is 8.44. The first-order valence-electron chi connectivity index (χ1n) is 25.4. The summed E-state index contributed by atoms with van der Waals surface area (Å²) < 4.78 is 118. The highest BCUT2D eigenvalue weighted by Gasteiger charge is 2.54. The van der Waals surface area contributed by atoms with Crippen molar-refractivity contribution < 1.29 is 83.2 Å². The number of rotatable bonds is 4. The Morgan fingerprint density at radius 2 is 0.920 bits per heavy atom. The van der Waals surface area contributed by atoms with Crippen LogP contribution in [0.25, 0.3) is 44.7 Å². The second-order valence-corrected chi connectivity index (χ2v) is 31.0. The van der Waals surface area contributed by atoms with Crippen LogP contribution in [0.1, 0.15) is 37.8 Å². The molecule has 6 aliphatic rings. The number of H-pyrrole nitrogens is 2. The molecule has 13 N–H and O–H groups in total. The summed E-state index contributed by atoms with van der Waals surface area (Å²) in [4.78, 5) is 78.6. The molecule has 6 fully saturated rings. The molecule has 88 heavy (non-hydrogen) atoms. The number of hydrogen-bond acceptors (Lipinski definition) is 34. The lowest BCUT2D eigenvalue weighted by atomic mass is 10.1. The fraction of sp³-hybridized carbons (Fsp3) is 0.526. The Hall–Kier alpha value is -5.35. The number of aromatic amines is 2. The van der Waals surface area contributed by atoms with Gasteiger partial charge in [0.05, 0.1) is 50.0 Å². The molecular formula is C38H44F2N22O18P4S4. The zero-order chi connectivity index (χ0) is 61.9. The Kier molecular flexibility index (Phi) is 16.4. The summed E-state index contributed by atoms with van der Waals surface area (Å²) in [6.45, 7) is -18.5. The summed E-state index contributed by atoms with van der Waals surface area (Å²) in [5.41, 5.74) is 22.8. The van der Waals surface area contributed by atoms with Crippen molar-refractivity contribution in [2.24, 2.45) is 0 Å². The van der Waals surface area contributed by atoms with Crippen LogP contribution in [0.5, 0.6) is 0 Å². The van der Waals surface area contributed by atoms with Crippen LogP contribution >= 0.6 is 39.2 Å². The normalized spacial score (nSPS) is 36.6. The van der Waals surface area contributed by atoms with Crippen LogP contribution in [0.15, 0.2) is 34.1 Å². The van der Waals surface area contributed by atoms with Gasteiger partial charge in [0, 0.05) is 25.2 Å². The Morgan fingerprint density at radius 3 is 1.38 bits per heavy atom. The number of fused-ring (bicyclic) bond motifs is 10. The smallest absolute Gasteiger partial charge is 0.386 e. The fourth-order valence-corrected chi connectivity index (χ4v) is 16.0. The largest absolute Gasteiger partial charge is 0.397 e. The van der Waals surface area contributed by atoms with Crippen LogP contribution in [0.2, 0.25) is 0 Å². The van der Waals surface area contributed by atoms with E-state index in [-0.39, 0.29) is 94.0 Å². The predicted molar refractivity (Wildman–Crippen MR) is 304 cm³/mol. The maximum atomic E-state index is 16.0. The van der Waals surface area contributed by atoms with Crippen LogP contribution in [0.3, 0.4) is 0 Å². The molecule has 0 amide bonds. The second kappa shape index (κ2) is 23.4. The molecule has 0 spiro atoms. The van der Waals surface area contributed by atoms with Crippen LogP contribution < -0.4 is 34.1 Å². The highest BCUT2D eigenvalue weighted by Crippen LogP contribution is 2.59. The van der Waals surface area contributed by atoms with Gasteiger partial charge in [0.15, 0.2) is 81.9 Å². The van der Waals surface area contributed by atoms with Crippen molar-refractivity contribution in [3.05, 3.63) is 45.2 Å². The molecule has 14 heterocycles. The molecule has 8 aromatic heterocycles. The zero-order valence-corrected chi connectivity index (χ0v) is 50.7. The Balaban J connectivity index is 0.000000162. The molecule has 0 aromatic carbocycles. The molecule has 6 aliphatic heterocycles. The van der Waals surface area contributed by atoms with E-state index in [1.165, 1.54) is 24.5 Å². The van der Waals surface area contributed by atoms with Gasteiger partial charge in [-0.2, -0.15) is 28.7 Å². The predicted octanol–water partition coefficient (Wildman–Crippen LogP) is -0.593. The second-order valence-electron chi connectivity index (χ2n) is 19.8. The van der Waals surface area contributed by atoms with Crippen molar-refractivity contribution in [1.29, 1.82) is 0 Å². The van der Waals surface area contributed by atoms with Gasteiger partial charge in [0.25, 0.3) is 11.1 Å². The number of nitrogens with one attached hydrogen (secondary N) is 2. The number of thiol groups is 1. The minimum Gasteiger partial charge on any atom is -0.397 e. The molecule has 40 nitrogen and oxygen atoms in total. The monoisotopic (exact) mass is 1390 g/mol. The number of nitrogens with zero attached hydrogens (tertiary/aromatic N) is 16. The van der Waals surface area contributed by atoms with E-state index in [2.05, 4.69) is 83.4 Å². The van der Waals surface area contributed by atoms with Crippen LogP contribution in [-0.2, 0) is 95.1 Å². The summed E-state index contributed by atoms with van der Waals surface area (Å²) in [6.07, 6.45) is -16.1. The average Bonchev–Trinajstić information content (AvgIpc) is 1.87. The molecule has 14 rings (SSSR count). The number of aromatic nitrogens is 18. The first-order chi connectivity index (χ1) is 41.8. The van der Waals surface area contributed by atoms with E-state index < -0.39 is 137 Å². The highest BCUT2D eigenvalue weighted by atomic mass is 32.7. The summed E-state index contributed by atoms with van der Waals surface area (Å²) in [5, 5.41) is 31.3. The SMILES string of the molecule is Nc1nc2c(nnn2[C@@H]2O[C@@H]3COP(=O)(S)O[C@H]4[C@H](F)[C@H](n5nnc6c(N)ccnc65)O[C@@H]4COP(O)(=S)O[C@H]2C3)c(=O)[nH]1.Nc1nc2c(nnn2[C@@H]2O[C@@H]3COP(O)(=S)O[C@H]4[C@H](F)[C@H](n5nnc6c(N)ccnc65)O[C@@H]4COP(O)(=S)O[C@H]2C3)c(=O)[nH]1. The molecule has 6 saturated heterocycles. The number of pyridine rings is 2. The molecule has 0 saturated carbocycles. The molecular weight excluding hydrogens is 1340 g/mol. The molecule has 8 aromatic rings. The number of nitrogens with two attached hydrogens (primary N) is 4. The van der Waals surface area contributed by atoms with E-state index in [0.717, 1.165) is 18.7 Å². The van der Waals surface area contributed by atoms with Gasteiger partial charge in [0.1, 0.15) is 36.6 Å². The van der Waals surface area contributed by atoms with Gasteiger partial charge in [0.2, 0.25) is 11.9 Å². The quantitative estimate of drug-likeness (QED) is 0.0777. The van der Waals surface area contributed by atoms with Gasteiger partial charge in [-0.25, -0.2) is 23.3 Å². The lowest BCUT2D eigenvalue weighted by molar-refractivity contribution is -0.0651. The molecule has 4 unspecified atom stereocenters. The maximum absolute atomic E-state index is 16.0. The number of nitrogen functional groups attached to an aromatic ring is 4. The van der Waals surface area contributed by atoms with E-state index >= 15 is 8.78 Å². The lowest BCUT2D eigenvalue weighted by Gasteiger charge is -2.27. The number of anilines is 4. The molecule has 18 atom stereocenters. The van der Waals surface area contributed by atoms with E-state index in [0.29, 0.717) is 0 Å². The van der Waals surface area contributed by atoms with Crippen LogP contribution in [-0.4, -0.2) is 192 Å². The van der Waals surface area contributed by atoms with E-state index in [4.69, 9.17) is 113 Å². The topological polar surface area (TPSA) is 533 Å². The zero-order valence-electron chi connectivity index (χ0n) is 43.8. The summed E-state index contributed by atoms with van der Waals surface area (Å²) >= 11 is 19.7. The van der Waals surface area contributed by atoms with Crippen molar-refractivity contribution in [2.45, 2.75) is 98.9 Å². The molecule has 0 aliphatic carbocycles. The van der Waals surface area contributed by atoms with Crippen molar-refractivity contribution in [1.82, 2.24) is 89.9 Å². The third-order valence-electron chi connectivity index (χ3n) is 14.0. The van der Waals surface area contributed by atoms with Crippen molar-refractivity contribution in [2.75, 3.05) is 49.4 Å². The fourth-order valence-electron chi connectivity index (χ4n) is 10.2. The van der Waals surface area contributed by atoms with Gasteiger partial charge in [-0.05, 0) is 47.6 Å². The average molecular weight is 1390 g/mol. The van der Waals surface area contributed by atoms with Crippen molar-refractivity contribution >= 4 is 143 Å². The van der Waals surface area contributed by atoms with E-state index in [1.807, 2.05) is 0 Å². The number of ether oxygens (including phenoxy) is 4. The summed E-state index contributed by atoms with van der Waals surface area (Å²) in [5.74, 6) is -0.410. The van der Waals surface area contributed by atoms with Crippen LogP contribution in [0.4, 0.5) is 32.1 Å². The maximum Gasteiger partial charge on any atom is 0.386 e. The van der Waals surface area contributed by atoms with Gasteiger partial charge in [-0.3, -0.25) is 33.1 Å². The minimum absolute atomic E-state index is 0.00739. The Labute approximate surface area is 506 Å². The van der Waals surface area contributed by atoms with Gasteiger partial charge >= 0.3 is 27.0 Å². The first kappa shape index (κ1) is 61.5. The molecule has 0 radical (unpaired) electrons. The Bertz CT molecular complexity index is 4100. The Morgan fingerprint density at radius 1 is 0.534 bits per heavy atom. The molecule has 50 heteroatoms. The van der Waals surface area contributed by atoms with Crippen molar-refractivity contribution in [3.63, 3.8) is 0 Å². The number of hydrogen-bond donors (Lipinski definition) is 10. The van der Waals surface area contributed by atoms with E-state index in [1.54, 1.807) is 0 Å². The third-order valence-corrected chi connectivity index (χ3v) is 20.3. The standard InChI is InChI=1S/2C19H22FN11O9P2S2/c2*20-10-13-9(38-18(10)30-14-11(26-28-30)7(21)1-2-23-14)5-36-41(33,43)39-8-3-6(4-35-42(34,44)40-13)37-17(8)31-15-12(27-29-31)16(32)25-19(22)24-15/h2*1-2,6,8-10,13,17-18H,3-5H2,(H2,21,23)(H,33,43)(H,34,44)(H3,22,24,25,32)/t2*6-,8-,9+,10-,13+,17+,18+,41?,42?/m00/s1. The van der Waals surface area contributed by atoms with Gasteiger partial charge < -0.3 is 79.2 Å². The number of halogens is 2. The van der Waals surface area contributed by atoms with Crippen LogP contribution in [0, 0.1) is 0 Å². The third kappa shape index (κ3) is 12.0. The van der Waals surface area contributed by atoms with E-state index in [9.17, 15) is 28.8 Å². The minimum atomic E-state index is -4.29. The molecule has 4 bridgehead atoms. The van der Waals surface area contributed by atoms with Crippen molar-refractivity contribution in [3.8, 4) is 0 Å². The first-order valence-corrected chi connectivity index (χ1v) is 35.9. The summed E-state index contributed by atoms with van der Waals surface area (Å²) in [7, 11) is 0. The molecule has 472 valence electrons. The lowest BCUT2D eigenvalue weighted by Crippen LogP contribution is -2.34. The van der Waals surface area contributed by atoms with Gasteiger partial charge in [-0.1, -0.05) is 33.1 Å². The summed E-state index contributed by atoms with van der Waals surface area (Å²) in [6, 6.07) is 3.00. The van der Waals surface area contributed by atoms with Gasteiger partial charge in [-0.15, -0.1) is 20.4 Å². The number of alkyl halides is 2.